The number of amides is 2. The highest BCUT2D eigenvalue weighted by atomic mass is 32.2. The molecule has 0 spiro atoms. The molecule has 0 radical (unpaired) electrons. The number of nitrogens with one attached hydrogen (secondary N) is 1. The predicted molar refractivity (Wildman–Crippen MR) is 68.1 cm³/mol. The summed E-state index contributed by atoms with van der Waals surface area (Å²) < 4.78 is 5.34. The van der Waals surface area contributed by atoms with Gasteiger partial charge in [-0.1, -0.05) is 18.2 Å². The van der Waals surface area contributed by atoms with E-state index in [1.54, 1.807) is 30.3 Å². The lowest BCUT2D eigenvalue weighted by Crippen LogP contribution is -2.17. The number of imide groups is 1. The number of aliphatic hydroxyl groups is 1. The first-order chi connectivity index (χ1) is 8.70. The van der Waals surface area contributed by atoms with E-state index in [9.17, 15) is 9.59 Å². The zero-order chi connectivity index (χ0) is 13.0. The van der Waals surface area contributed by atoms with Crippen LogP contribution < -0.4 is 10.1 Å². The average Bonchev–Trinajstić information content (AvgIpc) is 2.67. The molecule has 1 aromatic rings. The monoisotopic (exact) mass is 265 g/mol. The lowest BCUT2D eigenvalue weighted by atomic mass is 10.2. The summed E-state index contributed by atoms with van der Waals surface area (Å²) in [5, 5.41) is 10.5. The first-order valence-corrected chi connectivity index (χ1v) is 6.10. The summed E-state index contributed by atoms with van der Waals surface area (Å²) in [6.07, 6.45) is 1.59. The molecule has 2 rings (SSSR count). The highest BCUT2D eigenvalue weighted by Gasteiger charge is 2.25. The van der Waals surface area contributed by atoms with Crippen molar-refractivity contribution < 1.29 is 19.4 Å². The second-order valence-electron chi connectivity index (χ2n) is 3.46. The Kier molecular flexibility index (Phi) is 4.01. The van der Waals surface area contributed by atoms with Gasteiger partial charge in [0.15, 0.2) is 0 Å². The van der Waals surface area contributed by atoms with Crippen molar-refractivity contribution >= 4 is 29.0 Å². The van der Waals surface area contributed by atoms with Crippen LogP contribution in [-0.2, 0) is 4.79 Å². The molecule has 1 saturated heterocycles. The summed E-state index contributed by atoms with van der Waals surface area (Å²) in [6, 6.07) is 7.11. The zero-order valence-electron chi connectivity index (χ0n) is 9.38. The molecule has 2 amide bonds. The summed E-state index contributed by atoms with van der Waals surface area (Å²) in [5.41, 5.74) is 0.693. The van der Waals surface area contributed by atoms with Crippen molar-refractivity contribution in [1.82, 2.24) is 5.32 Å². The van der Waals surface area contributed by atoms with Gasteiger partial charge in [0.1, 0.15) is 12.4 Å². The minimum Gasteiger partial charge on any atom is -0.491 e. The quantitative estimate of drug-likeness (QED) is 0.804. The van der Waals surface area contributed by atoms with E-state index in [0.717, 1.165) is 11.8 Å². The number of hydrogen-bond donors (Lipinski definition) is 2. The number of ether oxygens (including phenoxy) is 1. The Morgan fingerprint density at radius 2 is 2.11 bits per heavy atom. The molecule has 1 fully saturated rings. The van der Waals surface area contributed by atoms with Crippen molar-refractivity contribution in [1.29, 1.82) is 0 Å². The van der Waals surface area contributed by atoms with Crippen LogP contribution in [0.25, 0.3) is 6.08 Å². The SMILES string of the molecule is O=C1NC(=O)C(=Cc2ccccc2OCCO)S1. The molecule has 1 aromatic carbocycles. The minimum absolute atomic E-state index is 0.0847. The summed E-state index contributed by atoms with van der Waals surface area (Å²) in [6.45, 7) is 0.0943. The molecule has 0 atom stereocenters. The van der Waals surface area contributed by atoms with E-state index in [0.29, 0.717) is 16.2 Å². The molecular formula is C12H11NO4S. The molecule has 0 aromatic heterocycles. The van der Waals surface area contributed by atoms with Gasteiger partial charge in [-0.3, -0.25) is 14.9 Å². The van der Waals surface area contributed by atoms with Crippen LogP contribution in [0, 0.1) is 0 Å². The number of aliphatic hydroxyl groups excluding tert-OH is 1. The molecule has 2 N–H and O–H groups in total. The highest BCUT2D eigenvalue weighted by molar-refractivity contribution is 8.18. The maximum Gasteiger partial charge on any atom is 0.290 e. The number of hydrogen-bond acceptors (Lipinski definition) is 5. The van der Waals surface area contributed by atoms with Gasteiger partial charge in [0.05, 0.1) is 11.5 Å². The third kappa shape index (κ3) is 2.91. The third-order valence-corrected chi connectivity index (χ3v) is 3.01. The number of carbonyl (C=O) groups excluding carboxylic acids is 2. The average molecular weight is 265 g/mol. The maximum absolute atomic E-state index is 11.4. The number of carbonyl (C=O) groups is 2. The normalized spacial score (nSPS) is 17.1. The molecule has 0 bridgehead atoms. The molecule has 0 saturated carbocycles. The Hall–Kier alpha value is -1.79. The highest BCUT2D eigenvalue weighted by Crippen LogP contribution is 2.28. The van der Waals surface area contributed by atoms with Gasteiger partial charge < -0.3 is 9.84 Å². The molecule has 0 unspecified atom stereocenters. The molecule has 1 aliphatic heterocycles. The van der Waals surface area contributed by atoms with E-state index >= 15 is 0 Å². The second kappa shape index (κ2) is 5.70. The van der Waals surface area contributed by atoms with E-state index in [2.05, 4.69) is 5.32 Å². The summed E-state index contributed by atoms with van der Waals surface area (Å²) in [5.74, 6) is 0.161. The van der Waals surface area contributed by atoms with Crippen molar-refractivity contribution in [3.63, 3.8) is 0 Å². The van der Waals surface area contributed by atoms with Crippen LogP contribution in [0.15, 0.2) is 29.2 Å². The first kappa shape index (κ1) is 12.7. The summed E-state index contributed by atoms with van der Waals surface area (Å²) in [4.78, 5) is 22.8. The molecule has 6 heteroatoms. The Morgan fingerprint density at radius 1 is 1.33 bits per heavy atom. The predicted octanol–water partition coefficient (Wildman–Crippen LogP) is 1.38. The summed E-state index contributed by atoms with van der Waals surface area (Å²) >= 11 is 0.858. The van der Waals surface area contributed by atoms with Crippen molar-refractivity contribution in [2.75, 3.05) is 13.2 Å². The molecule has 94 valence electrons. The van der Waals surface area contributed by atoms with Crippen LogP contribution in [0.3, 0.4) is 0 Å². The van der Waals surface area contributed by atoms with Gasteiger partial charge in [-0.25, -0.2) is 0 Å². The van der Waals surface area contributed by atoms with Crippen molar-refractivity contribution in [3.05, 3.63) is 34.7 Å². The van der Waals surface area contributed by atoms with E-state index in [1.807, 2.05) is 0 Å². The van der Waals surface area contributed by atoms with Crippen molar-refractivity contribution in [2.24, 2.45) is 0 Å². The van der Waals surface area contributed by atoms with E-state index in [1.165, 1.54) is 0 Å². The van der Waals surface area contributed by atoms with Crippen LogP contribution in [-0.4, -0.2) is 29.5 Å². The molecule has 1 aliphatic rings. The fraction of sp³-hybridized carbons (Fsp3) is 0.167. The number of benzene rings is 1. The Morgan fingerprint density at radius 3 is 2.78 bits per heavy atom. The van der Waals surface area contributed by atoms with Gasteiger partial charge in [0, 0.05) is 5.56 Å². The van der Waals surface area contributed by atoms with Gasteiger partial charge in [0.2, 0.25) is 0 Å². The Labute approximate surface area is 108 Å². The van der Waals surface area contributed by atoms with Crippen LogP contribution in [0.2, 0.25) is 0 Å². The summed E-state index contributed by atoms with van der Waals surface area (Å²) in [7, 11) is 0. The van der Waals surface area contributed by atoms with Gasteiger partial charge in [0.25, 0.3) is 11.1 Å². The van der Waals surface area contributed by atoms with E-state index in [-0.39, 0.29) is 18.5 Å². The fourth-order valence-electron chi connectivity index (χ4n) is 1.45. The van der Waals surface area contributed by atoms with Crippen LogP contribution in [0.1, 0.15) is 5.56 Å². The number of rotatable bonds is 4. The van der Waals surface area contributed by atoms with Gasteiger partial charge in [-0.15, -0.1) is 0 Å². The lowest BCUT2D eigenvalue weighted by molar-refractivity contribution is -0.115. The zero-order valence-corrected chi connectivity index (χ0v) is 10.2. The van der Waals surface area contributed by atoms with Crippen LogP contribution in [0.5, 0.6) is 5.75 Å². The largest absolute Gasteiger partial charge is 0.491 e. The molecule has 5 nitrogen and oxygen atoms in total. The second-order valence-corrected chi connectivity index (χ2v) is 4.48. The maximum atomic E-state index is 11.4. The smallest absolute Gasteiger partial charge is 0.290 e. The van der Waals surface area contributed by atoms with Crippen molar-refractivity contribution in [3.8, 4) is 5.75 Å². The third-order valence-electron chi connectivity index (χ3n) is 2.20. The van der Waals surface area contributed by atoms with Crippen molar-refractivity contribution in [2.45, 2.75) is 0 Å². The minimum atomic E-state index is -0.401. The Bertz CT molecular complexity index is 513. The molecule has 0 aliphatic carbocycles. The molecule has 18 heavy (non-hydrogen) atoms. The number of thioether (sulfide) groups is 1. The van der Waals surface area contributed by atoms with Gasteiger partial charge in [-0.2, -0.15) is 0 Å². The first-order valence-electron chi connectivity index (χ1n) is 5.28. The number of para-hydroxylation sites is 1. The molecular weight excluding hydrogens is 254 g/mol. The lowest BCUT2D eigenvalue weighted by Gasteiger charge is -2.07. The van der Waals surface area contributed by atoms with E-state index in [4.69, 9.17) is 9.84 Å². The van der Waals surface area contributed by atoms with Gasteiger partial charge in [-0.05, 0) is 23.9 Å². The fourth-order valence-corrected chi connectivity index (χ4v) is 2.12. The topological polar surface area (TPSA) is 75.6 Å². The Balaban J connectivity index is 2.25. The standard InChI is InChI=1S/C12H11NO4S/c14-5-6-17-9-4-2-1-3-8(9)7-10-11(15)13-12(16)18-10/h1-4,7,14H,5-6H2,(H,13,15,16). The van der Waals surface area contributed by atoms with Gasteiger partial charge >= 0.3 is 0 Å². The molecule has 1 heterocycles. The van der Waals surface area contributed by atoms with Crippen LogP contribution >= 0.6 is 11.8 Å². The van der Waals surface area contributed by atoms with E-state index < -0.39 is 5.91 Å². The van der Waals surface area contributed by atoms with Crippen LogP contribution in [0.4, 0.5) is 4.79 Å².